The van der Waals surface area contributed by atoms with Gasteiger partial charge in [-0.25, -0.2) is 4.79 Å². The number of carbonyl (C=O) groups is 6. The van der Waals surface area contributed by atoms with Crippen molar-refractivity contribution in [2.24, 2.45) is 11.7 Å². The van der Waals surface area contributed by atoms with Crippen molar-refractivity contribution in [3.63, 3.8) is 0 Å². The zero-order valence-corrected chi connectivity index (χ0v) is 18.4. The van der Waals surface area contributed by atoms with Gasteiger partial charge >= 0.3 is 17.9 Å². The number of hydrogen-bond acceptors (Lipinski definition) is 8. The smallest absolute Gasteiger partial charge is 0.328 e. The average Bonchev–Trinajstić information content (AvgIpc) is 2.75. The molecule has 5 unspecified atom stereocenters. The van der Waals surface area contributed by atoms with Crippen LogP contribution in [0.15, 0.2) is 0 Å². The van der Waals surface area contributed by atoms with Gasteiger partial charge in [0.1, 0.15) is 18.1 Å². The van der Waals surface area contributed by atoms with Crippen LogP contribution in [0.2, 0.25) is 0 Å². The quantitative estimate of drug-likeness (QED) is 0.117. The van der Waals surface area contributed by atoms with E-state index in [-0.39, 0.29) is 12.8 Å². The molecule has 0 saturated carbocycles. The average molecular weight is 476 g/mol. The van der Waals surface area contributed by atoms with Crippen LogP contribution in [0, 0.1) is 5.92 Å². The first-order valence-corrected chi connectivity index (χ1v) is 10.3. The summed E-state index contributed by atoms with van der Waals surface area (Å²) in [7, 11) is 0. The molecule has 9 N–H and O–H groups in total. The minimum atomic E-state index is -1.60. The summed E-state index contributed by atoms with van der Waals surface area (Å²) in [5.74, 6) is -7.08. The largest absolute Gasteiger partial charge is 0.481 e. The standard InChI is InChI=1S/C19H32N4O10/c1-3-9(2)15(18(31)22-12(8-24)19(32)33)23-17(30)11(5-7-14(27)28)21-16(29)10(20)4-6-13(25)26/h9-12,15,24H,3-8,20H2,1-2H3,(H,21,29)(H,22,31)(H,23,30)(H,25,26)(H,27,28)(H,32,33). The second kappa shape index (κ2) is 14.7. The molecule has 0 bridgehead atoms. The number of aliphatic carboxylic acids is 3. The van der Waals surface area contributed by atoms with Crippen LogP contribution in [0.4, 0.5) is 0 Å². The lowest BCUT2D eigenvalue weighted by Gasteiger charge is -2.27. The summed E-state index contributed by atoms with van der Waals surface area (Å²) in [6.45, 7) is 2.43. The van der Waals surface area contributed by atoms with E-state index in [0.29, 0.717) is 6.42 Å². The van der Waals surface area contributed by atoms with Gasteiger partial charge < -0.3 is 42.1 Å². The Labute approximate surface area is 189 Å². The highest BCUT2D eigenvalue weighted by Gasteiger charge is 2.32. The molecular weight excluding hydrogens is 444 g/mol. The Balaban J connectivity index is 5.51. The van der Waals surface area contributed by atoms with Gasteiger partial charge in [-0.2, -0.15) is 0 Å². The monoisotopic (exact) mass is 476 g/mol. The lowest BCUT2D eigenvalue weighted by Crippen LogP contribution is -2.59. The van der Waals surface area contributed by atoms with Gasteiger partial charge in [-0.15, -0.1) is 0 Å². The molecule has 0 aliphatic rings. The number of aliphatic hydroxyl groups is 1. The number of rotatable bonds is 16. The van der Waals surface area contributed by atoms with Crippen LogP contribution in [0.5, 0.6) is 0 Å². The Morgan fingerprint density at radius 1 is 0.788 bits per heavy atom. The van der Waals surface area contributed by atoms with Gasteiger partial charge in [0, 0.05) is 12.8 Å². The molecule has 0 heterocycles. The maximum Gasteiger partial charge on any atom is 0.328 e. The van der Waals surface area contributed by atoms with E-state index in [1.165, 1.54) is 0 Å². The summed E-state index contributed by atoms with van der Waals surface area (Å²) in [6, 6.07) is -5.52. The van der Waals surface area contributed by atoms with Crippen molar-refractivity contribution >= 4 is 35.6 Å². The number of aliphatic hydroxyl groups excluding tert-OH is 1. The van der Waals surface area contributed by atoms with Gasteiger partial charge in [0.05, 0.1) is 12.6 Å². The second-order valence-electron chi connectivity index (χ2n) is 7.49. The third-order valence-electron chi connectivity index (χ3n) is 4.88. The van der Waals surface area contributed by atoms with E-state index in [9.17, 15) is 28.8 Å². The molecule has 3 amide bonds. The highest BCUT2D eigenvalue weighted by Crippen LogP contribution is 2.10. The minimum absolute atomic E-state index is 0.218. The SMILES string of the molecule is CCC(C)C(NC(=O)C(CCC(=O)O)NC(=O)C(N)CCC(=O)O)C(=O)NC(CO)C(=O)O. The molecule has 5 atom stereocenters. The molecule has 0 aliphatic carbocycles. The van der Waals surface area contributed by atoms with Crippen LogP contribution in [0.1, 0.15) is 46.0 Å². The Morgan fingerprint density at radius 2 is 1.30 bits per heavy atom. The molecule has 14 nitrogen and oxygen atoms in total. The summed E-state index contributed by atoms with van der Waals surface area (Å²) in [5.41, 5.74) is 5.62. The first-order valence-electron chi connectivity index (χ1n) is 10.3. The molecule has 0 aromatic heterocycles. The number of nitrogens with two attached hydrogens (primary N) is 1. The third kappa shape index (κ3) is 11.2. The van der Waals surface area contributed by atoms with Crippen molar-refractivity contribution < 1.29 is 49.2 Å². The first kappa shape index (κ1) is 29.7. The topological polar surface area (TPSA) is 245 Å². The van der Waals surface area contributed by atoms with Gasteiger partial charge in [0.2, 0.25) is 17.7 Å². The van der Waals surface area contributed by atoms with E-state index < -0.39 is 85.2 Å². The number of amides is 3. The molecule has 0 radical (unpaired) electrons. The number of nitrogens with one attached hydrogen (secondary N) is 3. The molecular formula is C19H32N4O10. The number of hydrogen-bond donors (Lipinski definition) is 8. The summed E-state index contributed by atoms with van der Waals surface area (Å²) < 4.78 is 0. The van der Waals surface area contributed by atoms with Crippen molar-refractivity contribution in [3.05, 3.63) is 0 Å². The van der Waals surface area contributed by atoms with Gasteiger partial charge in [0.15, 0.2) is 0 Å². The first-order chi connectivity index (χ1) is 15.3. The van der Waals surface area contributed by atoms with Crippen LogP contribution < -0.4 is 21.7 Å². The Hall–Kier alpha value is -3.26. The van der Waals surface area contributed by atoms with E-state index in [0.717, 1.165) is 0 Å². The molecule has 33 heavy (non-hydrogen) atoms. The highest BCUT2D eigenvalue weighted by molar-refractivity contribution is 5.94. The molecule has 14 heteroatoms. The van der Waals surface area contributed by atoms with Crippen LogP contribution in [0.25, 0.3) is 0 Å². The molecule has 0 fully saturated rings. The van der Waals surface area contributed by atoms with Gasteiger partial charge in [-0.1, -0.05) is 20.3 Å². The number of carboxylic acids is 3. The Bertz CT molecular complexity index is 729. The van der Waals surface area contributed by atoms with Crippen LogP contribution >= 0.6 is 0 Å². The van der Waals surface area contributed by atoms with Crippen molar-refractivity contribution in [1.82, 2.24) is 16.0 Å². The van der Waals surface area contributed by atoms with E-state index in [4.69, 9.17) is 26.2 Å². The van der Waals surface area contributed by atoms with E-state index in [1.54, 1.807) is 13.8 Å². The second-order valence-corrected chi connectivity index (χ2v) is 7.49. The number of carbonyl (C=O) groups excluding carboxylic acids is 3. The fourth-order valence-electron chi connectivity index (χ4n) is 2.63. The van der Waals surface area contributed by atoms with E-state index >= 15 is 0 Å². The van der Waals surface area contributed by atoms with Crippen molar-refractivity contribution in [2.75, 3.05) is 6.61 Å². The third-order valence-corrected chi connectivity index (χ3v) is 4.88. The van der Waals surface area contributed by atoms with Gasteiger partial charge in [-0.05, 0) is 18.8 Å². The van der Waals surface area contributed by atoms with E-state index in [1.807, 2.05) is 0 Å². The molecule has 0 aromatic carbocycles. The van der Waals surface area contributed by atoms with Gasteiger partial charge in [-0.3, -0.25) is 24.0 Å². The fraction of sp³-hybridized carbons (Fsp3) is 0.684. The van der Waals surface area contributed by atoms with E-state index in [2.05, 4.69) is 16.0 Å². The molecule has 0 saturated heterocycles. The maximum atomic E-state index is 12.8. The summed E-state index contributed by atoms with van der Waals surface area (Å²) in [5, 5.41) is 42.5. The van der Waals surface area contributed by atoms with Crippen molar-refractivity contribution in [2.45, 2.75) is 70.1 Å². The summed E-state index contributed by atoms with van der Waals surface area (Å²) >= 11 is 0. The normalized spacial score (nSPS) is 15.3. The molecule has 0 spiro atoms. The highest BCUT2D eigenvalue weighted by atomic mass is 16.4. The number of carboxylic acid groups (broad SMARTS) is 3. The lowest BCUT2D eigenvalue weighted by molar-refractivity contribution is -0.143. The Kier molecular flexibility index (Phi) is 13.3. The summed E-state index contributed by atoms with van der Waals surface area (Å²) in [6.07, 6.45) is -1.08. The molecule has 0 rings (SSSR count). The van der Waals surface area contributed by atoms with Gasteiger partial charge in [0.25, 0.3) is 0 Å². The van der Waals surface area contributed by atoms with Crippen molar-refractivity contribution in [1.29, 1.82) is 0 Å². The predicted molar refractivity (Wildman–Crippen MR) is 112 cm³/mol. The van der Waals surface area contributed by atoms with Crippen molar-refractivity contribution in [3.8, 4) is 0 Å². The fourth-order valence-corrected chi connectivity index (χ4v) is 2.63. The van der Waals surface area contributed by atoms with Crippen LogP contribution in [-0.2, 0) is 28.8 Å². The molecule has 0 aromatic rings. The zero-order chi connectivity index (χ0) is 25.7. The Morgan fingerprint density at radius 3 is 1.76 bits per heavy atom. The zero-order valence-electron chi connectivity index (χ0n) is 18.4. The molecule has 188 valence electrons. The lowest BCUT2D eigenvalue weighted by atomic mass is 9.97. The summed E-state index contributed by atoms with van der Waals surface area (Å²) in [4.78, 5) is 70.3. The minimum Gasteiger partial charge on any atom is -0.481 e. The molecule has 0 aliphatic heterocycles. The van der Waals surface area contributed by atoms with Crippen LogP contribution in [-0.4, -0.2) is 86.8 Å². The van der Waals surface area contributed by atoms with Crippen LogP contribution in [0.3, 0.4) is 0 Å². The maximum absolute atomic E-state index is 12.8. The predicted octanol–water partition coefficient (Wildman–Crippen LogP) is -2.38.